The van der Waals surface area contributed by atoms with Crippen molar-refractivity contribution in [2.75, 3.05) is 0 Å². The first-order chi connectivity index (χ1) is 28.0. The minimum atomic E-state index is -0.845. The number of hydrogen-bond donors (Lipinski definition) is 0. The van der Waals surface area contributed by atoms with Crippen molar-refractivity contribution >= 4 is 47.8 Å². The lowest BCUT2D eigenvalue weighted by Crippen LogP contribution is -2.11. The summed E-state index contributed by atoms with van der Waals surface area (Å²) in [7, 11) is 0. The number of rotatable bonds is 9. The fraction of sp³-hybridized carbons (Fsp3) is 0. The highest BCUT2D eigenvalue weighted by atomic mass is 16.6. The molecule has 8 rings (SSSR count). The fourth-order valence-corrected chi connectivity index (χ4v) is 5.84. The van der Waals surface area contributed by atoms with Crippen LogP contribution in [0.3, 0.4) is 0 Å². The maximum absolute atomic E-state index is 12.8. The Bertz CT molecular complexity index is 2540. The van der Waals surface area contributed by atoms with Crippen LogP contribution in [0.15, 0.2) is 133 Å². The molecule has 0 unspecified atom stereocenters. The van der Waals surface area contributed by atoms with Crippen molar-refractivity contribution in [1.82, 2.24) is 0 Å². The van der Waals surface area contributed by atoms with Gasteiger partial charge in [0, 0.05) is 0 Å². The standard InChI is InChI=1S/C44H22O14/c45-37(25-5-15-31(16-6-25)55-39(47)27-9-19-33-35(21-27)43(51)57-41(33)49)53-29-11-1-23(2-12-29)24-3-13-30(14-4-24)54-38(46)26-7-17-32(18-8-26)56-40(48)28-10-20-34-36(22-28)44(52)58-42(34)50/h1-22H. The average molecular weight is 775 g/mol. The minimum Gasteiger partial charge on any atom is -0.423 e. The van der Waals surface area contributed by atoms with Gasteiger partial charge >= 0.3 is 47.8 Å². The number of benzene rings is 6. The van der Waals surface area contributed by atoms with Gasteiger partial charge < -0.3 is 28.4 Å². The summed E-state index contributed by atoms with van der Waals surface area (Å²) in [5, 5.41) is 0. The van der Waals surface area contributed by atoms with Crippen LogP contribution < -0.4 is 18.9 Å². The molecule has 0 saturated heterocycles. The molecule has 0 aliphatic carbocycles. The van der Waals surface area contributed by atoms with E-state index >= 15 is 0 Å². The van der Waals surface area contributed by atoms with Gasteiger partial charge in [-0.3, -0.25) is 0 Å². The summed E-state index contributed by atoms with van der Waals surface area (Å²) in [6.07, 6.45) is 0. The van der Waals surface area contributed by atoms with Crippen LogP contribution in [-0.2, 0) is 9.47 Å². The summed E-state index contributed by atoms with van der Waals surface area (Å²) in [5.74, 6) is -5.31. The molecule has 0 saturated carbocycles. The van der Waals surface area contributed by atoms with Crippen molar-refractivity contribution in [1.29, 1.82) is 0 Å². The van der Waals surface area contributed by atoms with Crippen LogP contribution in [0.25, 0.3) is 11.1 Å². The van der Waals surface area contributed by atoms with Gasteiger partial charge in [0.25, 0.3) is 0 Å². The van der Waals surface area contributed by atoms with Crippen LogP contribution in [0.2, 0.25) is 0 Å². The Hall–Kier alpha value is -8.52. The molecule has 2 aliphatic rings. The second-order valence-corrected chi connectivity index (χ2v) is 12.5. The molecule has 0 fully saturated rings. The molecule has 6 aromatic rings. The molecule has 0 N–H and O–H groups in total. The zero-order valence-corrected chi connectivity index (χ0v) is 29.4. The Morgan fingerprint density at radius 3 is 0.897 bits per heavy atom. The molecule has 0 atom stereocenters. The Morgan fingerprint density at radius 2 is 0.569 bits per heavy atom. The van der Waals surface area contributed by atoms with Crippen LogP contribution >= 0.6 is 0 Å². The number of carbonyl (C=O) groups is 8. The lowest BCUT2D eigenvalue weighted by atomic mass is 10.1. The highest BCUT2D eigenvalue weighted by molar-refractivity contribution is 6.16. The van der Waals surface area contributed by atoms with E-state index in [1.165, 1.54) is 84.9 Å². The van der Waals surface area contributed by atoms with Crippen molar-refractivity contribution in [3.8, 4) is 34.1 Å². The third kappa shape index (κ3) is 7.43. The average Bonchev–Trinajstić information content (AvgIpc) is 3.69. The molecule has 2 aliphatic heterocycles. The molecular formula is C44H22O14. The lowest BCUT2D eigenvalue weighted by Gasteiger charge is -2.09. The van der Waals surface area contributed by atoms with Crippen LogP contribution in [0, 0.1) is 0 Å². The largest absolute Gasteiger partial charge is 0.423 e. The highest BCUT2D eigenvalue weighted by Crippen LogP contribution is 2.27. The van der Waals surface area contributed by atoms with E-state index in [4.69, 9.17) is 18.9 Å². The Morgan fingerprint density at radius 1 is 0.310 bits per heavy atom. The van der Waals surface area contributed by atoms with E-state index in [-0.39, 0.29) is 67.5 Å². The summed E-state index contributed by atoms with van der Waals surface area (Å²) in [6, 6.07) is 32.5. The molecule has 6 aromatic carbocycles. The first kappa shape index (κ1) is 36.5. The molecule has 2 heterocycles. The van der Waals surface area contributed by atoms with Gasteiger partial charge in [0.15, 0.2) is 0 Å². The first-order valence-electron chi connectivity index (χ1n) is 17.1. The Labute approximate surface area is 326 Å². The predicted octanol–water partition coefficient (Wildman–Crippen LogP) is 6.85. The second kappa shape index (κ2) is 15.0. The number of esters is 8. The quantitative estimate of drug-likeness (QED) is 0.0841. The molecular weight excluding hydrogens is 752 g/mol. The number of carbonyl (C=O) groups excluding carboxylic acids is 8. The van der Waals surface area contributed by atoms with Crippen molar-refractivity contribution < 1.29 is 66.8 Å². The molecule has 0 amide bonds. The third-order valence-corrected chi connectivity index (χ3v) is 8.83. The normalized spacial score (nSPS) is 12.5. The molecule has 0 aromatic heterocycles. The van der Waals surface area contributed by atoms with Gasteiger partial charge in [0.05, 0.1) is 44.5 Å². The second-order valence-electron chi connectivity index (χ2n) is 12.5. The molecule has 14 heteroatoms. The molecule has 14 nitrogen and oxygen atoms in total. The Balaban J connectivity index is 0.819. The highest BCUT2D eigenvalue weighted by Gasteiger charge is 2.32. The van der Waals surface area contributed by atoms with Crippen molar-refractivity contribution in [2.24, 2.45) is 0 Å². The monoisotopic (exact) mass is 774 g/mol. The van der Waals surface area contributed by atoms with Crippen LogP contribution in [0.4, 0.5) is 0 Å². The Kier molecular flexibility index (Phi) is 9.40. The number of fused-ring (bicyclic) bond motifs is 2. The predicted molar refractivity (Wildman–Crippen MR) is 197 cm³/mol. The number of hydrogen-bond acceptors (Lipinski definition) is 14. The van der Waals surface area contributed by atoms with Gasteiger partial charge in [-0.15, -0.1) is 0 Å². The van der Waals surface area contributed by atoms with Crippen LogP contribution in [0.1, 0.15) is 82.9 Å². The zero-order chi connectivity index (χ0) is 40.5. The first-order valence-corrected chi connectivity index (χ1v) is 17.1. The van der Waals surface area contributed by atoms with Gasteiger partial charge in [0.1, 0.15) is 23.0 Å². The summed E-state index contributed by atoms with van der Waals surface area (Å²) >= 11 is 0. The summed E-state index contributed by atoms with van der Waals surface area (Å²) in [5.41, 5.74) is 2.10. The van der Waals surface area contributed by atoms with E-state index < -0.39 is 47.8 Å². The maximum atomic E-state index is 12.8. The van der Waals surface area contributed by atoms with Crippen molar-refractivity contribution in [3.63, 3.8) is 0 Å². The molecule has 58 heavy (non-hydrogen) atoms. The van der Waals surface area contributed by atoms with Crippen molar-refractivity contribution in [2.45, 2.75) is 0 Å². The zero-order valence-electron chi connectivity index (χ0n) is 29.4. The smallest absolute Gasteiger partial charge is 0.346 e. The molecule has 282 valence electrons. The van der Waals surface area contributed by atoms with Gasteiger partial charge in [-0.25, -0.2) is 38.4 Å². The topological polar surface area (TPSA) is 192 Å². The van der Waals surface area contributed by atoms with Crippen molar-refractivity contribution in [3.05, 3.63) is 178 Å². The van der Waals surface area contributed by atoms with E-state index in [9.17, 15) is 38.4 Å². The van der Waals surface area contributed by atoms with E-state index in [0.29, 0.717) is 0 Å². The minimum absolute atomic E-state index is 0.0264. The van der Waals surface area contributed by atoms with E-state index in [1.807, 2.05) is 0 Å². The maximum Gasteiger partial charge on any atom is 0.346 e. The van der Waals surface area contributed by atoms with Crippen LogP contribution in [-0.4, -0.2) is 47.8 Å². The summed E-state index contributed by atoms with van der Waals surface area (Å²) < 4.78 is 30.7. The molecule has 0 bridgehead atoms. The third-order valence-electron chi connectivity index (χ3n) is 8.83. The van der Waals surface area contributed by atoms with Gasteiger partial charge in [-0.2, -0.15) is 0 Å². The number of cyclic esters (lactones) is 4. The van der Waals surface area contributed by atoms with Crippen LogP contribution in [0.5, 0.6) is 23.0 Å². The molecule has 0 radical (unpaired) electrons. The van der Waals surface area contributed by atoms with Gasteiger partial charge in [-0.1, -0.05) is 24.3 Å². The summed E-state index contributed by atoms with van der Waals surface area (Å²) in [6.45, 7) is 0. The van der Waals surface area contributed by atoms with E-state index in [0.717, 1.165) is 11.1 Å². The van der Waals surface area contributed by atoms with Gasteiger partial charge in [0.2, 0.25) is 0 Å². The SMILES string of the molecule is O=C(Oc1ccc(-c2ccc(OC(=O)c3ccc(OC(=O)c4ccc5c(c4)C(=O)OC5=O)cc3)cc2)cc1)c1ccc(OC(=O)c2ccc3c(c2)C(=O)OC3=O)cc1. The summed E-state index contributed by atoms with van der Waals surface area (Å²) in [4.78, 5) is 97.7. The fourth-order valence-electron chi connectivity index (χ4n) is 5.84. The van der Waals surface area contributed by atoms with E-state index in [1.54, 1.807) is 48.5 Å². The lowest BCUT2D eigenvalue weighted by molar-refractivity contribution is 0.0425. The van der Waals surface area contributed by atoms with Gasteiger partial charge in [-0.05, 0) is 120 Å². The van der Waals surface area contributed by atoms with E-state index in [2.05, 4.69) is 9.47 Å². The number of ether oxygens (including phenoxy) is 6. The molecule has 0 spiro atoms.